The number of phenols is 1. The van der Waals surface area contributed by atoms with Gasteiger partial charge in [-0.3, -0.25) is 0 Å². The maximum atomic E-state index is 11.9. The largest absolute Gasteiger partial charge is 0.506 e. The molecule has 0 unspecified atom stereocenters. The van der Waals surface area contributed by atoms with Crippen molar-refractivity contribution in [3.8, 4) is 16.9 Å². The molecule has 2 rings (SSSR count). The minimum Gasteiger partial charge on any atom is -0.506 e. The van der Waals surface area contributed by atoms with Gasteiger partial charge in [-0.05, 0) is 36.6 Å². The van der Waals surface area contributed by atoms with Gasteiger partial charge in [0.2, 0.25) is 0 Å². The molecule has 0 aliphatic rings. The number of phenolic OH excluding ortho intramolecular Hbond substituents is 1. The summed E-state index contributed by atoms with van der Waals surface area (Å²) >= 11 is 0. The van der Waals surface area contributed by atoms with E-state index < -0.39 is 12.0 Å². The van der Waals surface area contributed by atoms with Crippen LogP contribution in [0.4, 0.5) is 10.5 Å². The number of nitrogens with one attached hydrogen (secondary N) is 2. The standard InChI is InChI=1S/C19H20N2O4/c1-13(18(23)24)6-5-11-20-19(25)21-16-12-15(9-10-17(16)22)14-7-3-2-4-8-14/h2-4,6-10,12,22H,5,11H2,1H3,(H,23,24)(H2,20,21,25). The Balaban J connectivity index is 1.96. The molecule has 6 heteroatoms. The van der Waals surface area contributed by atoms with Crippen molar-refractivity contribution in [3.05, 3.63) is 60.2 Å². The van der Waals surface area contributed by atoms with E-state index in [1.165, 1.54) is 19.1 Å². The molecule has 0 saturated heterocycles. The minimum atomic E-state index is -0.980. The Morgan fingerprint density at radius 3 is 2.48 bits per heavy atom. The lowest BCUT2D eigenvalue weighted by Gasteiger charge is -2.10. The van der Waals surface area contributed by atoms with Gasteiger partial charge in [0, 0.05) is 12.1 Å². The van der Waals surface area contributed by atoms with Crippen LogP contribution in [0.3, 0.4) is 0 Å². The molecular weight excluding hydrogens is 320 g/mol. The first-order chi connectivity index (χ1) is 12.0. The molecule has 0 fully saturated rings. The van der Waals surface area contributed by atoms with Gasteiger partial charge in [0.25, 0.3) is 0 Å². The third kappa shape index (κ3) is 5.39. The van der Waals surface area contributed by atoms with Gasteiger partial charge < -0.3 is 20.8 Å². The zero-order valence-electron chi connectivity index (χ0n) is 13.8. The molecule has 0 saturated carbocycles. The van der Waals surface area contributed by atoms with Crippen molar-refractivity contribution in [2.75, 3.05) is 11.9 Å². The maximum absolute atomic E-state index is 11.9. The highest BCUT2D eigenvalue weighted by atomic mass is 16.4. The highest BCUT2D eigenvalue weighted by Gasteiger charge is 2.08. The Morgan fingerprint density at radius 1 is 1.08 bits per heavy atom. The molecule has 0 aromatic heterocycles. The lowest BCUT2D eigenvalue weighted by Crippen LogP contribution is -2.29. The number of amides is 2. The average Bonchev–Trinajstić information content (AvgIpc) is 2.61. The smallest absolute Gasteiger partial charge is 0.330 e. The van der Waals surface area contributed by atoms with Crippen LogP contribution in [0.25, 0.3) is 11.1 Å². The first-order valence-corrected chi connectivity index (χ1v) is 7.80. The molecule has 0 aliphatic heterocycles. The third-order valence-electron chi connectivity index (χ3n) is 3.57. The normalized spacial score (nSPS) is 11.0. The van der Waals surface area contributed by atoms with Gasteiger partial charge >= 0.3 is 12.0 Å². The molecule has 2 aromatic carbocycles. The van der Waals surface area contributed by atoms with Crippen LogP contribution in [0.1, 0.15) is 13.3 Å². The molecule has 6 nitrogen and oxygen atoms in total. The average molecular weight is 340 g/mol. The summed E-state index contributed by atoms with van der Waals surface area (Å²) in [6.45, 7) is 1.78. The summed E-state index contributed by atoms with van der Waals surface area (Å²) in [5.41, 5.74) is 2.38. The molecule has 4 N–H and O–H groups in total. The van der Waals surface area contributed by atoms with E-state index >= 15 is 0 Å². The molecule has 0 spiro atoms. The number of aromatic hydroxyl groups is 1. The SMILES string of the molecule is CC(=CCCNC(=O)Nc1cc(-c2ccccc2)ccc1O)C(=O)O. The highest BCUT2D eigenvalue weighted by molar-refractivity contribution is 5.92. The molecule has 0 atom stereocenters. The molecule has 0 radical (unpaired) electrons. The Morgan fingerprint density at radius 2 is 1.80 bits per heavy atom. The monoisotopic (exact) mass is 340 g/mol. The number of anilines is 1. The number of hydrogen-bond donors (Lipinski definition) is 4. The first-order valence-electron chi connectivity index (χ1n) is 7.80. The molecular formula is C19H20N2O4. The Bertz CT molecular complexity index is 785. The number of rotatable bonds is 6. The van der Waals surface area contributed by atoms with Gasteiger partial charge in [0.05, 0.1) is 5.69 Å². The predicted octanol–water partition coefficient (Wildman–Crippen LogP) is 3.60. The van der Waals surface area contributed by atoms with E-state index in [0.717, 1.165) is 11.1 Å². The Hall–Kier alpha value is -3.28. The summed E-state index contributed by atoms with van der Waals surface area (Å²) in [7, 11) is 0. The van der Waals surface area contributed by atoms with Crippen molar-refractivity contribution in [1.82, 2.24) is 5.32 Å². The van der Waals surface area contributed by atoms with Gasteiger partial charge in [-0.2, -0.15) is 0 Å². The van der Waals surface area contributed by atoms with E-state index in [0.29, 0.717) is 12.1 Å². The summed E-state index contributed by atoms with van der Waals surface area (Å²) in [5, 5.41) is 23.9. The fourth-order valence-electron chi connectivity index (χ4n) is 2.17. The number of carbonyl (C=O) groups is 2. The van der Waals surface area contributed by atoms with Gasteiger partial charge in [-0.15, -0.1) is 0 Å². The number of benzene rings is 2. The second-order valence-corrected chi connectivity index (χ2v) is 5.46. The summed E-state index contributed by atoms with van der Waals surface area (Å²) < 4.78 is 0. The second-order valence-electron chi connectivity index (χ2n) is 5.46. The maximum Gasteiger partial charge on any atom is 0.330 e. The number of urea groups is 1. The highest BCUT2D eigenvalue weighted by Crippen LogP contribution is 2.29. The quantitative estimate of drug-likeness (QED) is 0.367. The molecule has 2 aromatic rings. The Kier molecular flexibility index (Phi) is 6.17. The number of aliphatic carboxylic acids is 1. The zero-order chi connectivity index (χ0) is 18.2. The number of hydrogen-bond acceptors (Lipinski definition) is 3. The van der Waals surface area contributed by atoms with Crippen molar-refractivity contribution in [1.29, 1.82) is 0 Å². The minimum absolute atomic E-state index is 0.0311. The predicted molar refractivity (Wildman–Crippen MR) is 96.6 cm³/mol. The molecule has 0 aliphatic carbocycles. The van der Waals surface area contributed by atoms with Gasteiger partial charge in [0.1, 0.15) is 5.75 Å². The van der Waals surface area contributed by atoms with Crippen LogP contribution in [0.2, 0.25) is 0 Å². The number of carbonyl (C=O) groups excluding carboxylic acids is 1. The first kappa shape index (κ1) is 18.1. The summed E-state index contributed by atoms with van der Waals surface area (Å²) in [6.07, 6.45) is 1.94. The van der Waals surface area contributed by atoms with Gasteiger partial charge in [-0.25, -0.2) is 9.59 Å². The van der Waals surface area contributed by atoms with Crippen LogP contribution in [-0.4, -0.2) is 28.8 Å². The van der Waals surface area contributed by atoms with E-state index in [4.69, 9.17) is 5.11 Å². The molecule has 0 heterocycles. The molecule has 0 bridgehead atoms. The Labute approximate surface area is 145 Å². The van der Waals surface area contributed by atoms with Crippen LogP contribution in [-0.2, 0) is 4.79 Å². The van der Waals surface area contributed by atoms with E-state index in [1.54, 1.807) is 12.1 Å². The van der Waals surface area contributed by atoms with E-state index in [9.17, 15) is 14.7 Å². The summed E-state index contributed by atoms with van der Waals surface area (Å²) in [5.74, 6) is -1.01. The molecule has 25 heavy (non-hydrogen) atoms. The van der Waals surface area contributed by atoms with E-state index in [-0.39, 0.29) is 17.9 Å². The fraction of sp³-hybridized carbons (Fsp3) is 0.158. The van der Waals surface area contributed by atoms with Crippen molar-refractivity contribution in [3.63, 3.8) is 0 Å². The number of carboxylic acids is 1. The van der Waals surface area contributed by atoms with E-state index in [2.05, 4.69) is 10.6 Å². The third-order valence-corrected chi connectivity index (χ3v) is 3.57. The summed E-state index contributed by atoms with van der Waals surface area (Å²) in [4.78, 5) is 22.6. The van der Waals surface area contributed by atoms with Crippen LogP contribution in [0.15, 0.2) is 60.2 Å². The van der Waals surface area contributed by atoms with Gasteiger partial charge in [-0.1, -0.05) is 42.5 Å². The van der Waals surface area contributed by atoms with Crippen LogP contribution >= 0.6 is 0 Å². The van der Waals surface area contributed by atoms with Crippen LogP contribution in [0, 0.1) is 0 Å². The van der Waals surface area contributed by atoms with Crippen molar-refractivity contribution in [2.24, 2.45) is 0 Å². The van der Waals surface area contributed by atoms with E-state index in [1.807, 2.05) is 30.3 Å². The number of carboxylic acid groups (broad SMARTS) is 1. The second kappa shape index (κ2) is 8.54. The summed E-state index contributed by atoms with van der Waals surface area (Å²) in [6, 6.07) is 14.1. The fourth-order valence-corrected chi connectivity index (χ4v) is 2.17. The van der Waals surface area contributed by atoms with Crippen LogP contribution < -0.4 is 10.6 Å². The van der Waals surface area contributed by atoms with Crippen molar-refractivity contribution < 1.29 is 19.8 Å². The topological polar surface area (TPSA) is 98.7 Å². The van der Waals surface area contributed by atoms with Crippen LogP contribution in [0.5, 0.6) is 5.75 Å². The lowest BCUT2D eigenvalue weighted by molar-refractivity contribution is -0.132. The lowest BCUT2D eigenvalue weighted by atomic mass is 10.0. The van der Waals surface area contributed by atoms with Crippen molar-refractivity contribution >= 4 is 17.7 Å². The van der Waals surface area contributed by atoms with Crippen molar-refractivity contribution in [2.45, 2.75) is 13.3 Å². The van der Waals surface area contributed by atoms with Gasteiger partial charge in [0.15, 0.2) is 0 Å². The molecule has 130 valence electrons. The zero-order valence-corrected chi connectivity index (χ0v) is 13.8. The molecule has 2 amide bonds.